The van der Waals surface area contributed by atoms with Crippen LogP contribution in [0.5, 0.6) is 0 Å². The van der Waals surface area contributed by atoms with Crippen LogP contribution in [0.1, 0.15) is 47.1 Å². The van der Waals surface area contributed by atoms with E-state index < -0.39 is 41.0 Å². The molecule has 7 heteroatoms. The lowest BCUT2D eigenvalue weighted by Gasteiger charge is -2.44. The molecule has 0 aliphatic heterocycles. The van der Waals surface area contributed by atoms with Crippen LogP contribution in [0.2, 0.25) is 5.02 Å². The summed E-state index contributed by atoms with van der Waals surface area (Å²) >= 11 is 6.31. The Morgan fingerprint density at radius 2 is 1.42 bits per heavy atom. The van der Waals surface area contributed by atoms with E-state index >= 15 is 0 Å². The van der Waals surface area contributed by atoms with Gasteiger partial charge in [-0.2, -0.15) is 0 Å². The van der Waals surface area contributed by atoms with Crippen molar-refractivity contribution in [3.05, 3.63) is 93.5 Å². The zero-order chi connectivity index (χ0) is 27.8. The molecule has 1 aliphatic rings. The quantitative estimate of drug-likeness (QED) is 0.357. The smallest absolute Gasteiger partial charge is 0.235 e. The molecule has 6 nitrogen and oxygen atoms in total. The summed E-state index contributed by atoms with van der Waals surface area (Å²) in [5, 5.41) is 17.7. The van der Waals surface area contributed by atoms with E-state index in [1.807, 2.05) is 58.0 Å². The molecule has 3 aromatic rings. The summed E-state index contributed by atoms with van der Waals surface area (Å²) in [5.74, 6) is -4.67. The number of aryl methyl sites for hydroxylation is 4. The van der Waals surface area contributed by atoms with Gasteiger partial charge in [0.2, 0.25) is 11.8 Å². The normalized spacial score (nSPS) is 23.1. The number of aliphatic hydroxyl groups is 1. The standard InChI is InChI=1S/C31H33ClN2O4/c1-17-9-11-23(19(3)13-17)33-29(36)27-25(35)16-31(5,38)28(26(27)21-7-6-8-22(32)15-21)30(37)34-24-12-10-18(2)14-20(24)4/h6-15,26-28,38H,16H2,1-5H3,(H,33,36)(H,34,37). The van der Waals surface area contributed by atoms with Gasteiger partial charge < -0.3 is 15.7 Å². The Morgan fingerprint density at radius 1 is 0.868 bits per heavy atom. The number of Topliss-reactive ketones (excluding diaryl/α,β-unsaturated/α-hetero) is 1. The van der Waals surface area contributed by atoms with E-state index in [-0.39, 0.29) is 6.42 Å². The number of nitrogens with one attached hydrogen (secondary N) is 2. The van der Waals surface area contributed by atoms with Gasteiger partial charge in [0.25, 0.3) is 0 Å². The third-order valence-corrected chi connectivity index (χ3v) is 7.58. The Hall–Kier alpha value is -3.48. The number of hydrogen-bond acceptors (Lipinski definition) is 4. The Kier molecular flexibility index (Phi) is 7.77. The minimum Gasteiger partial charge on any atom is -0.389 e. The Balaban J connectivity index is 1.78. The van der Waals surface area contributed by atoms with Gasteiger partial charge >= 0.3 is 0 Å². The first-order valence-corrected chi connectivity index (χ1v) is 13.0. The van der Waals surface area contributed by atoms with Gasteiger partial charge in [0, 0.05) is 28.7 Å². The number of benzene rings is 3. The van der Waals surface area contributed by atoms with Crippen molar-refractivity contribution in [2.75, 3.05) is 10.6 Å². The fourth-order valence-corrected chi connectivity index (χ4v) is 5.73. The van der Waals surface area contributed by atoms with Crippen LogP contribution in [0, 0.1) is 39.5 Å². The van der Waals surface area contributed by atoms with Crippen molar-refractivity contribution in [2.24, 2.45) is 11.8 Å². The van der Waals surface area contributed by atoms with Crippen molar-refractivity contribution in [3.63, 3.8) is 0 Å². The SMILES string of the molecule is Cc1ccc(NC(=O)C2C(=O)CC(C)(O)C(C(=O)Nc3ccc(C)cc3C)C2c2cccc(Cl)c2)c(C)c1. The highest BCUT2D eigenvalue weighted by Crippen LogP contribution is 2.47. The van der Waals surface area contributed by atoms with E-state index in [1.54, 1.807) is 30.3 Å². The van der Waals surface area contributed by atoms with Gasteiger partial charge in [0.05, 0.1) is 11.5 Å². The number of anilines is 2. The lowest BCUT2D eigenvalue weighted by Crippen LogP contribution is -2.56. The van der Waals surface area contributed by atoms with Crippen LogP contribution in [0.25, 0.3) is 0 Å². The second-order valence-electron chi connectivity index (χ2n) is 10.7. The molecule has 1 aliphatic carbocycles. The summed E-state index contributed by atoms with van der Waals surface area (Å²) < 4.78 is 0. The van der Waals surface area contributed by atoms with Crippen LogP contribution in [-0.4, -0.2) is 28.3 Å². The van der Waals surface area contributed by atoms with Gasteiger partial charge in [0.15, 0.2) is 0 Å². The van der Waals surface area contributed by atoms with Crippen LogP contribution in [-0.2, 0) is 14.4 Å². The summed E-state index contributed by atoms with van der Waals surface area (Å²) in [6.07, 6.45) is -0.333. The van der Waals surface area contributed by atoms with E-state index in [2.05, 4.69) is 10.6 Å². The van der Waals surface area contributed by atoms with Crippen molar-refractivity contribution in [3.8, 4) is 0 Å². The summed E-state index contributed by atoms with van der Waals surface area (Å²) in [6.45, 7) is 9.17. The Morgan fingerprint density at radius 3 is 1.95 bits per heavy atom. The van der Waals surface area contributed by atoms with Crippen molar-refractivity contribution < 1.29 is 19.5 Å². The van der Waals surface area contributed by atoms with Gasteiger partial charge in [-0.25, -0.2) is 0 Å². The molecule has 1 fully saturated rings. The number of halogens is 1. The van der Waals surface area contributed by atoms with Crippen LogP contribution in [0.15, 0.2) is 60.7 Å². The molecular weight excluding hydrogens is 500 g/mol. The Labute approximate surface area is 228 Å². The minimum absolute atomic E-state index is 0.333. The summed E-state index contributed by atoms with van der Waals surface area (Å²) in [4.78, 5) is 41.1. The number of rotatable bonds is 5. The predicted molar refractivity (Wildman–Crippen MR) is 151 cm³/mol. The molecule has 0 heterocycles. The molecular formula is C31H33ClN2O4. The lowest BCUT2D eigenvalue weighted by molar-refractivity contribution is -0.150. The number of hydrogen-bond donors (Lipinski definition) is 3. The summed E-state index contributed by atoms with van der Waals surface area (Å²) in [5.41, 5.74) is 3.86. The van der Waals surface area contributed by atoms with E-state index in [0.717, 1.165) is 22.3 Å². The minimum atomic E-state index is -1.69. The van der Waals surface area contributed by atoms with Crippen molar-refractivity contribution >= 4 is 40.6 Å². The lowest BCUT2D eigenvalue weighted by atomic mass is 9.61. The zero-order valence-electron chi connectivity index (χ0n) is 22.3. The second kappa shape index (κ2) is 10.7. The van der Waals surface area contributed by atoms with Gasteiger partial charge in [-0.1, -0.05) is 59.1 Å². The van der Waals surface area contributed by atoms with Crippen LogP contribution in [0.3, 0.4) is 0 Å². The first-order chi connectivity index (χ1) is 17.9. The maximum absolute atomic E-state index is 13.9. The topological polar surface area (TPSA) is 95.5 Å². The number of ketones is 1. The molecule has 4 atom stereocenters. The molecule has 4 rings (SSSR count). The van der Waals surface area contributed by atoms with Crippen LogP contribution in [0.4, 0.5) is 11.4 Å². The molecule has 2 amide bonds. The highest BCUT2D eigenvalue weighted by molar-refractivity contribution is 6.30. The van der Waals surface area contributed by atoms with Gasteiger partial charge in [0.1, 0.15) is 11.7 Å². The first kappa shape index (κ1) is 27.6. The van der Waals surface area contributed by atoms with Crippen molar-refractivity contribution in [2.45, 2.75) is 52.6 Å². The summed E-state index contributed by atoms with van der Waals surface area (Å²) in [6, 6.07) is 18.0. The molecule has 1 saturated carbocycles. The molecule has 0 aromatic heterocycles. The fourth-order valence-electron chi connectivity index (χ4n) is 5.53. The van der Waals surface area contributed by atoms with Crippen molar-refractivity contribution in [1.29, 1.82) is 0 Å². The molecule has 38 heavy (non-hydrogen) atoms. The molecule has 3 N–H and O–H groups in total. The average molecular weight is 533 g/mol. The first-order valence-electron chi connectivity index (χ1n) is 12.6. The highest BCUT2D eigenvalue weighted by Gasteiger charge is 2.56. The molecule has 0 spiro atoms. The van der Waals surface area contributed by atoms with Crippen LogP contribution >= 0.6 is 11.6 Å². The predicted octanol–water partition coefficient (Wildman–Crippen LogP) is 5.89. The maximum Gasteiger partial charge on any atom is 0.235 e. The van der Waals surface area contributed by atoms with E-state index in [1.165, 1.54) is 6.92 Å². The number of carbonyl (C=O) groups excluding carboxylic acids is 3. The van der Waals surface area contributed by atoms with E-state index in [9.17, 15) is 19.5 Å². The largest absolute Gasteiger partial charge is 0.389 e. The van der Waals surface area contributed by atoms with Gasteiger partial charge in [-0.3, -0.25) is 14.4 Å². The number of amides is 2. The zero-order valence-corrected chi connectivity index (χ0v) is 23.0. The van der Waals surface area contributed by atoms with Crippen LogP contribution < -0.4 is 10.6 Å². The van der Waals surface area contributed by atoms with E-state index in [0.29, 0.717) is 22.0 Å². The average Bonchev–Trinajstić information content (AvgIpc) is 2.81. The molecule has 0 radical (unpaired) electrons. The Bertz CT molecular complexity index is 1410. The summed E-state index contributed by atoms with van der Waals surface area (Å²) in [7, 11) is 0. The molecule has 198 valence electrons. The van der Waals surface area contributed by atoms with Gasteiger partial charge in [-0.15, -0.1) is 0 Å². The molecule has 3 aromatic carbocycles. The highest BCUT2D eigenvalue weighted by atomic mass is 35.5. The van der Waals surface area contributed by atoms with Crippen molar-refractivity contribution in [1.82, 2.24) is 0 Å². The van der Waals surface area contributed by atoms with E-state index in [4.69, 9.17) is 11.6 Å². The third-order valence-electron chi connectivity index (χ3n) is 7.35. The maximum atomic E-state index is 13.9. The van der Waals surface area contributed by atoms with Gasteiger partial charge in [-0.05, 0) is 75.6 Å². The second-order valence-corrected chi connectivity index (χ2v) is 11.1. The molecule has 4 unspecified atom stereocenters. The third kappa shape index (κ3) is 5.66. The molecule has 0 bridgehead atoms. The number of carbonyl (C=O) groups is 3. The fraction of sp³-hybridized carbons (Fsp3) is 0.323. The monoisotopic (exact) mass is 532 g/mol. The molecule has 0 saturated heterocycles.